The third kappa shape index (κ3) is 4.72. The number of aromatic nitrogens is 1. The molecule has 4 rings (SSSR count). The van der Waals surface area contributed by atoms with E-state index in [-0.39, 0.29) is 17.9 Å². The van der Waals surface area contributed by atoms with Crippen LogP contribution in [0.1, 0.15) is 37.1 Å². The zero-order valence-corrected chi connectivity index (χ0v) is 19.8. The van der Waals surface area contributed by atoms with Crippen LogP contribution in [0.15, 0.2) is 54.6 Å². The Morgan fingerprint density at radius 3 is 2.58 bits per heavy atom. The molecule has 6 heteroatoms. The molecule has 1 fully saturated rings. The summed E-state index contributed by atoms with van der Waals surface area (Å²) in [6, 6.07) is 18.1. The van der Waals surface area contributed by atoms with Crippen molar-refractivity contribution in [2.75, 3.05) is 7.05 Å². The number of aliphatic hydroxyl groups excluding tert-OH is 1. The zero-order chi connectivity index (χ0) is 23.8. The number of nitrogens with zero attached hydrogens (tertiary/aromatic N) is 2. The van der Waals surface area contributed by atoms with E-state index in [4.69, 9.17) is 10.5 Å². The van der Waals surface area contributed by atoms with E-state index in [1.54, 1.807) is 4.90 Å². The van der Waals surface area contributed by atoms with Crippen LogP contribution in [0.25, 0.3) is 10.9 Å². The summed E-state index contributed by atoms with van der Waals surface area (Å²) >= 11 is 0. The number of carbonyl (C=O) groups is 1. The largest absolute Gasteiger partial charge is 0.489 e. The molecule has 0 radical (unpaired) electrons. The van der Waals surface area contributed by atoms with Crippen LogP contribution in [0.2, 0.25) is 0 Å². The van der Waals surface area contributed by atoms with Gasteiger partial charge in [0.15, 0.2) is 0 Å². The molecular formula is C27H33N3O3. The molecule has 3 aromatic rings. The summed E-state index contributed by atoms with van der Waals surface area (Å²) in [7, 11) is 1.81. The van der Waals surface area contributed by atoms with Gasteiger partial charge in [0.25, 0.3) is 0 Å². The summed E-state index contributed by atoms with van der Waals surface area (Å²) in [6.07, 6.45) is 0.166. The third-order valence-electron chi connectivity index (χ3n) is 6.83. The number of aryl methyl sites for hydroxylation is 1. The van der Waals surface area contributed by atoms with Gasteiger partial charge in [0.1, 0.15) is 18.6 Å². The van der Waals surface area contributed by atoms with E-state index in [0.717, 1.165) is 33.5 Å². The SMILES string of the molecule is Cc1cc(COc2ccc(C[C@]3(C(=O)N(C)C(C)C)C[C@@H]3C(N)O)cc2)c2ccccc2n1. The molecule has 1 amide bonds. The minimum atomic E-state index is -0.990. The number of para-hydroxylation sites is 1. The molecule has 0 saturated heterocycles. The number of ether oxygens (including phenoxy) is 1. The minimum Gasteiger partial charge on any atom is -0.489 e. The number of pyridine rings is 1. The van der Waals surface area contributed by atoms with E-state index in [2.05, 4.69) is 17.1 Å². The average Bonchev–Trinajstić information content (AvgIpc) is 3.53. The Morgan fingerprint density at radius 1 is 1.24 bits per heavy atom. The van der Waals surface area contributed by atoms with Crippen molar-refractivity contribution in [1.82, 2.24) is 9.88 Å². The molecule has 33 heavy (non-hydrogen) atoms. The molecule has 2 aromatic carbocycles. The summed E-state index contributed by atoms with van der Waals surface area (Å²) in [5.41, 5.74) is 9.19. The molecule has 1 aliphatic carbocycles. The second kappa shape index (κ2) is 9.12. The second-order valence-corrected chi connectivity index (χ2v) is 9.52. The van der Waals surface area contributed by atoms with Crippen LogP contribution in [0.5, 0.6) is 5.75 Å². The van der Waals surface area contributed by atoms with Gasteiger partial charge in [-0.1, -0.05) is 30.3 Å². The Balaban J connectivity index is 1.47. The highest BCUT2D eigenvalue weighted by molar-refractivity contribution is 5.86. The zero-order valence-electron chi connectivity index (χ0n) is 19.8. The van der Waals surface area contributed by atoms with E-state index in [1.807, 2.05) is 70.3 Å². The maximum Gasteiger partial charge on any atom is 0.229 e. The van der Waals surface area contributed by atoms with Gasteiger partial charge in [-0.05, 0) is 63.4 Å². The number of hydrogen-bond acceptors (Lipinski definition) is 5. The number of amides is 1. The highest BCUT2D eigenvalue weighted by atomic mass is 16.5. The summed E-state index contributed by atoms with van der Waals surface area (Å²) in [6.45, 7) is 6.41. The molecule has 1 aromatic heterocycles. The molecule has 1 unspecified atom stereocenters. The molecular weight excluding hydrogens is 414 g/mol. The first-order chi connectivity index (χ1) is 15.7. The third-order valence-corrected chi connectivity index (χ3v) is 6.83. The summed E-state index contributed by atoms with van der Waals surface area (Å²) in [4.78, 5) is 19.5. The molecule has 1 heterocycles. The highest BCUT2D eigenvalue weighted by Gasteiger charge is 2.62. The van der Waals surface area contributed by atoms with Crippen LogP contribution < -0.4 is 10.5 Å². The Bertz CT molecular complexity index is 1140. The van der Waals surface area contributed by atoms with Gasteiger partial charge in [0.2, 0.25) is 5.91 Å². The summed E-state index contributed by atoms with van der Waals surface area (Å²) in [5.74, 6) is 0.598. The molecule has 3 atom stereocenters. The predicted octanol–water partition coefficient (Wildman–Crippen LogP) is 3.81. The fourth-order valence-corrected chi connectivity index (χ4v) is 4.63. The first-order valence-electron chi connectivity index (χ1n) is 11.5. The first-order valence-corrected chi connectivity index (χ1v) is 11.5. The van der Waals surface area contributed by atoms with Crippen LogP contribution in [0.4, 0.5) is 0 Å². The van der Waals surface area contributed by atoms with E-state index in [1.165, 1.54) is 0 Å². The molecule has 0 bridgehead atoms. The number of nitrogens with two attached hydrogens (primary N) is 1. The fourth-order valence-electron chi connectivity index (χ4n) is 4.63. The lowest BCUT2D eigenvalue weighted by molar-refractivity contribution is -0.138. The lowest BCUT2D eigenvalue weighted by atomic mass is 9.91. The van der Waals surface area contributed by atoms with E-state index < -0.39 is 11.6 Å². The van der Waals surface area contributed by atoms with Crippen LogP contribution in [0, 0.1) is 18.3 Å². The van der Waals surface area contributed by atoms with Crippen LogP contribution in [-0.2, 0) is 17.8 Å². The molecule has 174 valence electrons. The number of carbonyl (C=O) groups excluding carboxylic acids is 1. The van der Waals surface area contributed by atoms with Gasteiger partial charge in [-0.25, -0.2) is 0 Å². The Kier molecular flexibility index (Phi) is 6.41. The van der Waals surface area contributed by atoms with Gasteiger partial charge in [-0.3, -0.25) is 9.78 Å². The molecule has 3 N–H and O–H groups in total. The fraction of sp³-hybridized carbons (Fsp3) is 0.407. The predicted molar refractivity (Wildman–Crippen MR) is 130 cm³/mol. The molecule has 1 saturated carbocycles. The number of fused-ring (bicyclic) bond motifs is 1. The van der Waals surface area contributed by atoms with Crippen molar-refractivity contribution in [2.24, 2.45) is 17.1 Å². The van der Waals surface area contributed by atoms with Crippen molar-refractivity contribution in [2.45, 2.75) is 52.5 Å². The molecule has 0 aliphatic heterocycles. The van der Waals surface area contributed by atoms with Gasteiger partial charge < -0.3 is 20.5 Å². The first kappa shape index (κ1) is 23.2. The molecule has 1 aliphatic rings. The van der Waals surface area contributed by atoms with Crippen LogP contribution >= 0.6 is 0 Å². The summed E-state index contributed by atoms with van der Waals surface area (Å²) < 4.78 is 6.07. The van der Waals surface area contributed by atoms with Crippen molar-refractivity contribution in [3.05, 3.63) is 71.4 Å². The van der Waals surface area contributed by atoms with Crippen LogP contribution in [-0.4, -0.2) is 40.2 Å². The quantitative estimate of drug-likeness (QED) is 0.513. The Hall–Kier alpha value is -2.96. The average molecular weight is 448 g/mol. The molecule has 6 nitrogen and oxygen atoms in total. The number of benzene rings is 2. The lowest BCUT2D eigenvalue weighted by Gasteiger charge is -2.28. The van der Waals surface area contributed by atoms with Crippen molar-refractivity contribution in [3.8, 4) is 5.75 Å². The normalized spacial score (nSPS) is 20.6. The maximum absolute atomic E-state index is 13.2. The maximum atomic E-state index is 13.2. The van der Waals surface area contributed by atoms with Crippen molar-refractivity contribution in [3.63, 3.8) is 0 Å². The standard InChI is InChI=1S/C27H33N3O3/c1-17(2)30(4)26(32)27(15-23(27)25(28)31)14-19-9-11-21(12-10-19)33-16-20-13-18(3)29-24-8-6-5-7-22(20)24/h5-13,17,23,25,31H,14-16,28H2,1-4H3/t23-,25?,27+/m1/s1. The Labute approximate surface area is 195 Å². The van der Waals surface area contributed by atoms with Crippen LogP contribution in [0.3, 0.4) is 0 Å². The number of rotatable bonds is 8. The van der Waals surface area contributed by atoms with Gasteiger partial charge in [-0.15, -0.1) is 0 Å². The van der Waals surface area contributed by atoms with Gasteiger partial charge >= 0.3 is 0 Å². The Morgan fingerprint density at radius 2 is 1.94 bits per heavy atom. The minimum absolute atomic E-state index is 0.0484. The highest BCUT2D eigenvalue weighted by Crippen LogP contribution is 2.57. The van der Waals surface area contributed by atoms with Gasteiger partial charge in [0, 0.05) is 35.7 Å². The van der Waals surface area contributed by atoms with Crippen molar-refractivity contribution < 1.29 is 14.6 Å². The summed E-state index contributed by atoms with van der Waals surface area (Å²) in [5, 5.41) is 11.1. The number of aliphatic hydroxyl groups is 1. The molecule has 0 spiro atoms. The monoisotopic (exact) mass is 447 g/mol. The van der Waals surface area contributed by atoms with Gasteiger partial charge in [-0.2, -0.15) is 0 Å². The lowest BCUT2D eigenvalue weighted by Crippen LogP contribution is -2.42. The van der Waals surface area contributed by atoms with E-state index >= 15 is 0 Å². The number of hydrogen-bond donors (Lipinski definition) is 2. The smallest absolute Gasteiger partial charge is 0.229 e. The second-order valence-electron chi connectivity index (χ2n) is 9.52. The van der Waals surface area contributed by atoms with Crippen molar-refractivity contribution >= 4 is 16.8 Å². The van der Waals surface area contributed by atoms with Crippen molar-refractivity contribution in [1.29, 1.82) is 0 Å². The van der Waals surface area contributed by atoms with E-state index in [0.29, 0.717) is 19.4 Å². The van der Waals surface area contributed by atoms with E-state index in [9.17, 15) is 9.90 Å². The van der Waals surface area contributed by atoms with Gasteiger partial charge in [0.05, 0.1) is 10.9 Å². The topological polar surface area (TPSA) is 88.7 Å².